The van der Waals surface area contributed by atoms with E-state index < -0.39 is 5.63 Å². The number of ether oxygens (including phenoxy) is 1. The van der Waals surface area contributed by atoms with Crippen molar-refractivity contribution in [2.45, 2.75) is 32.6 Å². The SMILES string of the molecule is CCc1c(O)c(OCCCCCBr)coc1=O. The van der Waals surface area contributed by atoms with Gasteiger partial charge >= 0.3 is 5.63 Å². The first-order valence-electron chi connectivity index (χ1n) is 5.73. The summed E-state index contributed by atoms with van der Waals surface area (Å²) in [6.45, 7) is 2.29. The molecule has 1 aromatic rings. The zero-order valence-corrected chi connectivity index (χ0v) is 11.5. The van der Waals surface area contributed by atoms with Gasteiger partial charge in [0.15, 0.2) is 11.5 Å². The van der Waals surface area contributed by atoms with Gasteiger partial charge in [-0.15, -0.1) is 0 Å². The molecular formula is C12H17BrO4. The first-order chi connectivity index (χ1) is 8.20. The molecule has 96 valence electrons. The summed E-state index contributed by atoms with van der Waals surface area (Å²) in [6, 6.07) is 0. The van der Waals surface area contributed by atoms with Crippen molar-refractivity contribution >= 4 is 15.9 Å². The topological polar surface area (TPSA) is 59.7 Å². The molecule has 0 spiro atoms. The first-order valence-corrected chi connectivity index (χ1v) is 6.85. The molecule has 0 aromatic carbocycles. The Balaban J connectivity index is 2.57. The lowest BCUT2D eigenvalue weighted by atomic mass is 10.2. The summed E-state index contributed by atoms with van der Waals surface area (Å²) in [5.74, 6) is 0.157. The Morgan fingerprint density at radius 2 is 2.18 bits per heavy atom. The fraction of sp³-hybridized carbons (Fsp3) is 0.583. The van der Waals surface area contributed by atoms with E-state index in [1.807, 2.05) is 0 Å². The fourth-order valence-electron chi connectivity index (χ4n) is 1.45. The monoisotopic (exact) mass is 304 g/mol. The minimum atomic E-state index is -0.503. The molecule has 1 N–H and O–H groups in total. The van der Waals surface area contributed by atoms with Crippen molar-refractivity contribution in [1.82, 2.24) is 0 Å². The lowest BCUT2D eigenvalue weighted by molar-refractivity contribution is 0.275. The molecular weight excluding hydrogens is 288 g/mol. The predicted molar refractivity (Wildman–Crippen MR) is 69.2 cm³/mol. The van der Waals surface area contributed by atoms with Gasteiger partial charge in [0.1, 0.15) is 6.26 Å². The number of unbranched alkanes of at least 4 members (excludes halogenated alkanes) is 2. The van der Waals surface area contributed by atoms with Crippen LogP contribution in [0.3, 0.4) is 0 Å². The molecule has 5 heteroatoms. The molecule has 0 amide bonds. The largest absolute Gasteiger partial charge is 0.504 e. The average Bonchev–Trinajstić information content (AvgIpc) is 2.32. The number of rotatable bonds is 7. The van der Waals surface area contributed by atoms with Crippen LogP contribution in [0.2, 0.25) is 0 Å². The molecule has 0 unspecified atom stereocenters. The molecule has 1 rings (SSSR count). The van der Waals surface area contributed by atoms with E-state index in [9.17, 15) is 9.90 Å². The fourth-order valence-corrected chi connectivity index (χ4v) is 1.85. The van der Waals surface area contributed by atoms with Gasteiger partial charge in [-0.3, -0.25) is 0 Å². The van der Waals surface area contributed by atoms with Crippen LogP contribution in [0.4, 0.5) is 0 Å². The van der Waals surface area contributed by atoms with Crippen LogP contribution >= 0.6 is 15.9 Å². The van der Waals surface area contributed by atoms with E-state index in [-0.39, 0.29) is 17.1 Å². The molecule has 0 fully saturated rings. The molecule has 0 saturated heterocycles. The smallest absolute Gasteiger partial charge is 0.342 e. The van der Waals surface area contributed by atoms with Crippen molar-refractivity contribution in [1.29, 1.82) is 0 Å². The minimum absolute atomic E-state index is 0.0933. The van der Waals surface area contributed by atoms with Gasteiger partial charge in [0.05, 0.1) is 12.2 Å². The number of alkyl halides is 1. The molecule has 0 aliphatic rings. The highest BCUT2D eigenvalue weighted by molar-refractivity contribution is 9.09. The standard InChI is InChI=1S/C12H17BrO4/c1-2-9-11(14)10(8-17-12(9)15)16-7-5-3-4-6-13/h8,14H,2-7H2,1H3. The van der Waals surface area contributed by atoms with Gasteiger partial charge < -0.3 is 14.3 Å². The third kappa shape index (κ3) is 4.07. The zero-order chi connectivity index (χ0) is 12.7. The van der Waals surface area contributed by atoms with Gasteiger partial charge in [-0.05, 0) is 25.7 Å². The van der Waals surface area contributed by atoms with Crippen LogP contribution in [-0.2, 0) is 6.42 Å². The van der Waals surface area contributed by atoms with E-state index in [2.05, 4.69) is 15.9 Å². The van der Waals surface area contributed by atoms with Crippen molar-refractivity contribution in [3.05, 3.63) is 22.2 Å². The highest BCUT2D eigenvalue weighted by atomic mass is 79.9. The van der Waals surface area contributed by atoms with Gasteiger partial charge in [-0.2, -0.15) is 0 Å². The Hall–Kier alpha value is -0.970. The number of hydrogen-bond donors (Lipinski definition) is 1. The lowest BCUT2D eigenvalue weighted by Gasteiger charge is -2.08. The minimum Gasteiger partial charge on any atom is -0.504 e. The van der Waals surface area contributed by atoms with E-state index in [0.29, 0.717) is 13.0 Å². The highest BCUT2D eigenvalue weighted by Gasteiger charge is 2.12. The van der Waals surface area contributed by atoms with Gasteiger partial charge in [-0.1, -0.05) is 22.9 Å². The molecule has 1 heterocycles. The van der Waals surface area contributed by atoms with Crippen LogP contribution in [0.25, 0.3) is 0 Å². The molecule has 0 aliphatic carbocycles. The lowest BCUT2D eigenvalue weighted by Crippen LogP contribution is -2.08. The quantitative estimate of drug-likeness (QED) is 0.621. The highest BCUT2D eigenvalue weighted by Crippen LogP contribution is 2.27. The van der Waals surface area contributed by atoms with Gasteiger partial charge in [-0.25, -0.2) is 4.79 Å². The van der Waals surface area contributed by atoms with E-state index in [1.54, 1.807) is 6.92 Å². The molecule has 0 radical (unpaired) electrons. The van der Waals surface area contributed by atoms with Crippen LogP contribution in [0, 0.1) is 0 Å². The van der Waals surface area contributed by atoms with Crippen LogP contribution in [-0.4, -0.2) is 17.0 Å². The summed E-state index contributed by atoms with van der Waals surface area (Å²) in [6.07, 6.45) is 4.66. The third-order valence-electron chi connectivity index (χ3n) is 2.43. The Bertz CT molecular complexity index is 400. The van der Waals surface area contributed by atoms with E-state index in [0.717, 1.165) is 24.6 Å². The van der Waals surface area contributed by atoms with Crippen molar-refractivity contribution in [3.63, 3.8) is 0 Å². The van der Waals surface area contributed by atoms with Crippen molar-refractivity contribution in [3.8, 4) is 11.5 Å². The van der Waals surface area contributed by atoms with E-state index in [1.165, 1.54) is 6.26 Å². The summed E-state index contributed by atoms with van der Waals surface area (Å²) < 4.78 is 10.2. The normalized spacial score (nSPS) is 10.5. The summed E-state index contributed by atoms with van der Waals surface area (Å²) in [7, 11) is 0. The van der Waals surface area contributed by atoms with Crippen LogP contribution in [0.5, 0.6) is 11.5 Å². The first kappa shape index (κ1) is 14.1. The van der Waals surface area contributed by atoms with Gasteiger partial charge in [0.2, 0.25) is 0 Å². The Kier molecular flexibility index (Phi) is 6.11. The zero-order valence-electron chi connectivity index (χ0n) is 9.87. The predicted octanol–water partition coefficient (Wildman–Crippen LogP) is 2.85. The maximum absolute atomic E-state index is 11.3. The van der Waals surface area contributed by atoms with Crippen LogP contribution in [0.1, 0.15) is 31.7 Å². The van der Waals surface area contributed by atoms with Crippen molar-refractivity contribution in [2.75, 3.05) is 11.9 Å². The number of aromatic hydroxyl groups is 1. The summed E-state index contributed by atoms with van der Waals surface area (Å²) in [5, 5.41) is 10.8. The molecule has 0 saturated carbocycles. The number of halogens is 1. The molecule has 4 nitrogen and oxygen atoms in total. The molecule has 0 aliphatic heterocycles. The Labute approximate surface area is 109 Å². The average molecular weight is 305 g/mol. The molecule has 0 atom stereocenters. The maximum Gasteiger partial charge on any atom is 0.342 e. The summed E-state index contributed by atoms with van der Waals surface area (Å²) in [4.78, 5) is 11.3. The number of hydrogen-bond acceptors (Lipinski definition) is 4. The van der Waals surface area contributed by atoms with E-state index >= 15 is 0 Å². The van der Waals surface area contributed by atoms with Crippen LogP contribution in [0.15, 0.2) is 15.5 Å². The third-order valence-corrected chi connectivity index (χ3v) is 2.99. The summed E-state index contributed by atoms with van der Waals surface area (Å²) >= 11 is 3.35. The molecule has 0 bridgehead atoms. The van der Waals surface area contributed by atoms with Crippen LogP contribution < -0.4 is 10.4 Å². The Morgan fingerprint density at radius 3 is 2.82 bits per heavy atom. The van der Waals surface area contributed by atoms with Gasteiger partial charge in [0.25, 0.3) is 0 Å². The van der Waals surface area contributed by atoms with Crippen molar-refractivity contribution in [2.24, 2.45) is 0 Å². The molecule has 1 aromatic heterocycles. The van der Waals surface area contributed by atoms with E-state index in [4.69, 9.17) is 9.15 Å². The maximum atomic E-state index is 11.3. The Morgan fingerprint density at radius 1 is 1.41 bits per heavy atom. The molecule has 17 heavy (non-hydrogen) atoms. The second-order valence-corrected chi connectivity index (χ2v) is 4.46. The second-order valence-electron chi connectivity index (χ2n) is 3.67. The van der Waals surface area contributed by atoms with Crippen molar-refractivity contribution < 1.29 is 14.3 Å². The second kappa shape index (κ2) is 7.37. The van der Waals surface area contributed by atoms with Gasteiger partial charge in [0, 0.05) is 5.33 Å². The summed E-state index contributed by atoms with van der Waals surface area (Å²) in [5.41, 5.74) is -0.236.